The van der Waals surface area contributed by atoms with Gasteiger partial charge in [0.15, 0.2) is 0 Å². The van der Waals surface area contributed by atoms with Crippen molar-refractivity contribution < 1.29 is 9.53 Å². The molecule has 0 heterocycles. The Hall–Kier alpha value is -0.570. The highest BCUT2D eigenvalue weighted by Crippen LogP contribution is 1.92. The smallest absolute Gasteiger partial charge is 0.226 e. The van der Waals surface area contributed by atoms with E-state index in [0.29, 0.717) is 13.2 Å². The van der Waals surface area contributed by atoms with E-state index in [-0.39, 0.29) is 5.91 Å². The molecule has 0 fully saturated rings. The summed E-state index contributed by atoms with van der Waals surface area (Å²) in [5.74, 6) is 0.771. The third-order valence-electron chi connectivity index (χ3n) is 1.05. The summed E-state index contributed by atoms with van der Waals surface area (Å²) in [7, 11) is 1.61. The van der Waals surface area contributed by atoms with Crippen molar-refractivity contribution in [3.05, 3.63) is 5.92 Å². The van der Waals surface area contributed by atoms with Crippen molar-refractivity contribution in [2.24, 2.45) is 0 Å². The van der Waals surface area contributed by atoms with E-state index in [9.17, 15) is 4.79 Å². The number of amides is 1. The van der Waals surface area contributed by atoms with Gasteiger partial charge in [-0.15, -0.1) is 0 Å². The first-order valence-corrected chi connectivity index (χ1v) is 3.25. The van der Waals surface area contributed by atoms with Crippen LogP contribution in [0.5, 0.6) is 0 Å². The van der Waals surface area contributed by atoms with E-state index >= 15 is 0 Å². The molecular formula is C7H14NO2. The summed E-state index contributed by atoms with van der Waals surface area (Å²) < 4.78 is 4.75. The van der Waals surface area contributed by atoms with Crippen molar-refractivity contribution in [1.82, 2.24) is 5.32 Å². The van der Waals surface area contributed by atoms with E-state index in [4.69, 9.17) is 4.74 Å². The molecule has 0 atom stereocenters. The van der Waals surface area contributed by atoms with E-state index in [0.717, 1.165) is 5.92 Å². The zero-order chi connectivity index (χ0) is 7.98. The molecule has 10 heavy (non-hydrogen) atoms. The topological polar surface area (TPSA) is 38.3 Å². The summed E-state index contributed by atoms with van der Waals surface area (Å²) in [6.45, 7) is 4.71. The number of nitrogens with one attached hydrogen (secondary N) is 1. The maximum atomic E-state index is 10.8. The van der Waals surface area contributed by atoms with Crippen LogP contribution in [-0.2, 0) is 9.53 Å². The zero-order valence-electron chi connectivity index (χ0n) is 6.73. The van der Waals surface area contributed by atoms with Crippen molar-refractivity contribution in [2.75, 3.05) is 20.3 Å². The first-order valence-electron chi connectivity index (χ1n) is 3.25. The Kier molecular flexibility index (Phi) is 4.94. The molecule has 0 bridgehead atoms. The summed E-state index contributed by atoms with van der Waals surface area (Å²) >= 11 is 0. The van der Waals surface area contributed by atoms with Gasteiger partial charge in [-0.25, -0.2) is 0 Å². The zero-order valence-corrected chi connectivity index (χ0v) is 6.73. The van der Waals surface area contributed by atoms with Crippen molar-refractivity contribution in [3.8, 4) is 0 Å². The fourth-order valence-corrected chi connectivity index (χ4v) is 0.443. The maximum absolute atomic E-state index is 10.8. The minimum atomic E-state index is -0.00273. The van der Waals surface area contributed by atoms with Crippen LogP contribution in [0.1, 0.15) is 13.8 Å². The van der Waals surface area contributed by atoms with Gasteiger partial charge in [-0.1, -0.05) is 13.8 Å². The normalized spacial score (nSPS) is 10.0. The van der Waals surface area contributed by atoms with Gasteiger partial charge in [0.2, 0.25) is 5.91 Å². The highest BCUT2D eigenvalue weighted by atomic mass is 16.5. The molecule has 3 nitrogen and oxygen atoms in total. The summed E-state index contributed by atoms with van der Waals surface area (Å²) in [4.78, 5) is 10.8. The first kappa shape index (κ1) is 9.43. The van der Waals surface area contributed by atoms with Gasteiger partial charge >= 0.3 is 0 Å². The first-order chi connectivity index (χ1) is 4.68. The lowest BCUT2D eigenvalue weighted by atomic mass is 10.2. The Labute approximate surface area is 61.8 Å². The monoisotopic (exact) mass is 144 g/mol. The van der Waals surface area contributed by atoms with Crippen molar-refractivity contribution >= 4 is 5.91 Å². The molecule has 0 rings (SSSR count). The molecule has 0 unspecified atom stereocenters. The van der Waals surface area contributed by atoms with Crippen LogP contribution in [0.3, 0.4) is 0 Å². The number of rotatable bonds is 4. The molecule has 0 aromatic rings. The van der Waals surface area contributed by atoms with Gasteiger partial charge in [-0.05, 0) is 0 Å². The highest BCUT2D eigenvalue weighted by molar-refractivity contribution is 5.88. The van der Waals surface area contributed by atoms with Crippen LogP contribution < -0.4 is 5.32 Å². The Morgan fingerprint density at radius 1 is 1.50 bits per heavy atom. The third kappa shape index (κ3) is 4.32. The second-order valence-electron chi connectivity index (χ2n) is 2.25. The summed E-state index contributed by atoms with van der Waals surface area (Å²) in [5.41, 5.74) is 0. The molecule has 0 aromatic carbocycles. The van der Waals surface area contributed by atoms with Crippen LogP contribution in [0.15, 0.2) is 0 Å². The lowest BCUT2D eigenvalue weighted by Crippen LogP contribution is -2.29. The number of hydrogen-bond donors (Lipinski definition) is 1. The van der Waals surface area contributed by atoms with Gasteiger partial charge in [0.1, 0.15) is 0 Å². The van der Waals surface area contributed by atoms with Crippen LogP contribution in [-0.4, -0.2) is 26.2 Å². The van der Waals surface area contributed by atoms with Gasteiger partial charge in [0, 0.05) is 13.7 Å². The van der Waals surface area contributed by atoms with Crippen LogP contribution in [0.25, 0.3) is 0 Å². The molecule has 59 valence electrons. The minimum absolute atomic E-state index is 0.00273. The fraction of sp³-hybridized carbons (Fsp3) is 0.714. The summed E-state index contributed by atoms with van der Waals surface area (Å²) in [5, 5.41) is 2.68. The van der Waals surface area contributed by atoms with Crippen LogP contribution in [0.2, 0.25) is 0 Å². The number of methoxy groups -OCH3 is 1. The molecular weight excluding hydrogens is 130 g/mol. The van der Waals surface area contributed by atoms with E-state index in [2.05, 4.69) is 5.32 Å². The molecule has 0 saturated carbocycles. The number of carbonyl (C=O) groups excluding carboxylic acids is 1. The predicted octanol–water partition coefficient (Wildman–Crippen LogP) is 0.363. The maximum Gasteiger partial charge on any atom is 0.226 e. The highest BCUT2D eigenvalue weighted by Gasteiger charge is 2.04. The van der Waals surface area contributed by atoms with Gasteiger partial charge < -0.3 is 10.1 Å². The molecule has 0 aromatic heterocycles. The van der Waals surface area contributed by atoms with Crippen molar-refractivity contribution in [1.29, 1.82) is 0 Å². The van der Waals surface area contributed by atoms with E-state index < -0.39 is 0 Å². The van der Waals surface area contributed by atoms with Gasteiger partial charge in [0.25, 0.3) is 0 Å². The average molecular weight is 144 g/mol. The third-order valence-corrected chi connectivity index (χ3v) is 1.05. The molecule has 1 radical (unpaired) electrons. The second-order valence-corrected chi connectivity index (χ2v) is 2.25. The molecule has 0 saturated heterocycles. The van der Waals surface area contributed by atoms with Crippen LogP contribution in [0.4, 0.5) is 0 Å². The lowest BCUT2D eigenvalue weighted by Gasteiger charge is -2.05. The van der Waals surface area contributed by atoms with Gasteiger partial charge in [0.05, 0.1) is 12.5 Å². The second kappa shape index (κ2) is 5.23. The predicted molar refractivity (Wildman–Crippen MR) is 39.5 cm³/mol. The molecule has 1 amide bonds. The average Bonchev–Trinajstić information content (AvgIpc) is 1.88. The Morgan fingerprint density at radius 3 is 2.50 bits per heavy atom. The molecule has 1 N–H and O–H groups in total. The van der Waals surface area contributed by atoms with E-state index in [1.54, 1.807) is 21.0 Å². The molecule has 3 heteroatoms. The quantitative estimate of drug-likeness (QED) is 0.579. The Balaban J connectivity index is 3.22. The molecule has 0 aliphatic carbocycles. The SMILES string of the molecule is COCCNC(=O)[C](C)C. The van der Waals surface area contributed by atoms with E-state index in [1.807, 2.05) is 0 Å². The largest absolute Gasteiger partial charge is 0.383 e. The summed E-state index contributed by atoms with van der Waals surface area (Å²) in [6.07, 6.45) is 0. The van der Waals surface area contributed by atoms with Crippen LogP contribution in [0, 0.1) is 5.92 Å². The standard InChI is InChI=1S/C7H14NO2/c1-6(2)7(9)8-4-5-10-3/h4-5H2,1-3H3,(H,8,9). The van der Waals surface area contributed by atoms with Gasteiger partial charge in [-0.3, -0.25) is 4.79 Å². The van der Waals surface area contributed by atoms with Gasteiger partial charge in [-0.2, -0.15) is 0 Å². The number of carbonyl (C=O) groups is 1. The minimum Gasteiger partial charge on any atom is -0.383 e. The summed E-state index contributed by atoms with van der Waals surface area (Å²) in [6, 6.07) is 0. The lowest BCUT2D eigenvalue weighted by molar-refractivity contribution is -0.119. The Bertz CT molecular complexity index is 102. The number of ether oxygens (including phenoxy) is 1. The number of hydrogen-bond acceptors (Lipinski definition) is 2. The van der Waals surface area contributed by atoms with Crippen molar-refractivity contribution in [3.63, 3.8) is 0 Å². The van der Waals surface area contributed by atoms with Crippen LogP contribution >= 0.6 is 0 Å². The molecule has 0 aliphatic rings. The fourth-order valence-electron chi connectivity index (χ4n) is 0.443. The molecule has 0 aliphatic heterocycles. The molecule has 0 spiro atoms. The Morgan fingerprint density at radius 2 is 2.10 bits per heavy atom. The van der Waals surface area contributed by atoms with Crippen molar-refractivity contribution in [2.45, 2.75) is 13.8 Å². The van der Waals surface area contributed by atoms with E-state index in [1.165, 1.54) is 0 Å².